The van der Waals surface area contributed by atoms with Crippen molar-refractivity contribution in [1.82, 2.24) is 0 Å². The van der Waals surface area contributed by atoms with Crippen LogP contribution in [-0.2, 0) is 19.5 Å². The second-order valence-corrected chi connectivity index (χ2v) is 7.74. The molecule has 1 rings (SSSR count). The van der Waals surface area contributed by atoms with Crippen LogP contribution in [0.3, 0.4) is 0 Å². The van der Waals surface area contributed by atoms with Gasteiger partial charge in [0.15, 0.2) is 0 Å². The molecule has 0 aromatic heterocycles. The van der Waals surface area contributed by atoms with Crippen LogP contribution < -0.4 is 5.73 Å². The van der Waals surface area contributed by atoms with Crippen molar-refractivity contribution in [1.29, 1.82) is 0 Å². The fourth-order valence-corrected chi connectivity index (χ4v) is 2.54. The zero-order valence-corrected chi connectivity index (χ0v) is 22.3. The number of unbranched alkanes of at least 4 members (excludes halogenated alkanes) is 13. The van der Waals surface area contributed by atoms with Gasteiger partial charge in [-0.05, 0) is 0 Å². The van der Waals surface area contributed by atoms with Gasteiger partial charge in [0.1, 0.15) is 4.32 Å². The van der Waals surface area contributed by atoms with Gasteiger partial charge in [-0.15, -0.1) is 12.6 Å². The molecule has 0 aliphatic rings. The van der Waals surface area contributed by atoms with Crippen LogP contribution in [0.15, 0.2) is 30.3 Å². The molecule has 0 bridgehead atoms. The second kappa shape index (κ2) is 30.8. The predicted molar refractivity (Wildman–Crippen MR) is 127 cm³/mol. The normalized spacial score (nSPS) is 9.15. The molecule has 0 aliphatic carbocycles. The SMILES string of the molecule is NC(=S)S.[CH2-]CCCCCCCCCCCCCCC.[Zn+2].[c-]1ccccc1. The Hall–Kier alpha value is 0.0834. The molecule has 4 heteroatoms. The number of hydrogen-bond acceptors (Lipinski definition) is 1. The number of nitrogens with two attached hydrogens (primary N) is 1. The van der Waals surface area contributed by atoms with Crippen molar-refractivity contribution in [3.05, 3.63) is 43.3 Å². The first kappa shape index (κ1) is 31.8. The van der Waals surface area contributed by atoms with E-state index in [-0.39, 0.29) is 23.8 Å². The Bertz CT molecular complexity index is 316. The van der Waals surface area contributed by atoms with E-state index in [1.54, 1.807) is 0 Å². The third-order valence-corrected chi connectivity index (χ3v) is 3.96. The molecule has 0 heterocycles. The number of rotatable bonds is 13. The van der Waals surface area contributed by atoms with Crippen molar-refractivity contribution < 1.29 is 19.5 Å². The van der Waals surface area contributed by atoms with Gasteiger partial charge in [0, 0.05) is 0 Å². The van der Waals surface area contributed by atoms with Crippen molar-refractivity contribution in [3.8, 4) is 0 Å². The van der Waals surface area contributed by atoms with Crippen molar-refractivity contribution in [2.45, 2.75) is 96.8 Å². The molecule has 152 valence electrons. The molecule has 0 saturated carbocycles. The summed E-state index contributed by atoms with van der Waals surface area (Å²) in [5.74, 6) is 0. The fraction of sp³-hybridized carbons (Fsp3) is 0.652. The summed E-state index contributed by atoms with van der Waals surface area (Å²) >= 11 is 7.65. The van der Waals surface area contributed by atoms with Crippen molar-refractivity contribution in [3.63, 3.8) is 0 Å². The Balaban J connectivity index is -0.000000427. The molecule has 0 atom stereocenters. The minimum Gasteiger partial charge on any atom is -0.385 e. The number of hydrogen-bond donors (Lipinski definition) is 2. The number of thiocarbonyl (C=S) groups is 1. The summed E-state index contributed by atoms with van der Waals surface area (Å²) in [6.07, 6.45) is 19.8. The van der Waals surface area contributed by atoms with Gasteiger partial charge < -0.3 is 12.7 Å². The first-order valence-corrected chi connectivity index (χ1v) is 11.2. The van der Waals surface area contributed by atoms with Gasteiger partial charge in [-0.3, -0.25) is 0 Å². The van der Waals surface area contributed by atoms with Crippen LogP contribution in [0.5, 0.6) is 0 Å². The maximum atomic E-state index is 4.71. The van der Waals surface area contributed by atoms with E-state index in [9.17, 15) is 0 Å². The maximum absolute atomic E-state index is 4.71. The fourth-order valence-electron chi connectivity index (χ4n) is 2.54. The van der Waals surface area contributed by atoms with E-state index in [1.807, 2.05) is 30.3 Å². The standard InChI is InChI=1S/C16H33.C6H5.CH3NS2.Zn/c1-3-5-7-9-11-13-15-16-14-12-10-8-6-4-2;1-2-4-6-5-3-1;2-1(3)4;/h1,3-16H2,2H3;1-5H;(H3,2,3,4);/q2*-1;;+2. The minimum absolute atomic E-state index is 0. The van der Waals surface area contributed by atoms with E-state index in [2.05, 4.69) is 44.8 Å². The van der Waals surface area contributed by atoms with Crippen molar-refractivity contribution in [2.24, 2.45) is 5.73 Å². The van der Waals surface area contributed by atoms with Crippen LogP contribution in [0, 0.1) is 13.0 Å². The predicted octanol–water partition coefficient (Wildman–Crippen LogP) is 7.95. The van der Waals surface area contributed by atoms with Crippen molar-refractivity contribution >= 4 is 29.2 Å². The molecule has 0 fully saturated rings. The molecule has 0 saturated heterocycles. The van der Waals surface area contributed by atoms with Gasteiger partial charge in [-0.1, -0.05) is 103 Å². The summed E-state index contributed by atoms with van der Waals surface area (Å²) in [7, 11) is 0. The van der Waals surface area contributed by atoms with Crippen molar-refractivity contribution in [2.75, 3.05) is 0 Å². The van der Waals surface area contributed by atoms with Crippen LogP contribution >= 0.6 is 24.8 Å². The Morgan fingerprint density at radius 2 is 1.15 bits per heavy atom. The molecule has 2 N–H and O–H groups in total. The molecule has 27 heavy (non-hydrogen) atoms. The van der Waals surface area contributed by atoms with Crippen LogP contribution in [0.4, 0.5) is 0 Å². The summed E-state index contributed by atoms with van der Waals surface area (Å²) in [5, 5.41) is 0. The van der Waals surface area contributed by atoms with Gasteiger partial charge >= 0.3 is 19.5 Å². The van der Waals surface area contributed by atoms with E-state index in [1.165, 1.54) is 83.5 Å². The molecule has 1 aromatic carbocycles. The Morgan fingerprint density at radius 1 is 0.815 bits per heavy atom. The van der Waals surface area contributed by atoms with Crippen LogP contribution in [0.1, 0.15) is 96.8 Å². The smallest absolute Gasteiger partial charge is 0.385 e. The number of benzene rings is 1. The van der Waals surface area contributed by atoms with Gasteiger partial charge in [-0.25, -0.2) is 0 Å². The van der Waals surface area contributed by atoms with Gasteiger partial charge in [0.25, 0.3) is 0 Å². The Morgan fingerprint density at radius 3 is 1.37 bits per heavy atom. The molecular formula is C23H41NS2Zn. The van der Waals surface area contributed by atoms with Gasteiger partial charge in [0.05, 0.1) is 0 Å². The average Bonchev–Trinajstić information content (AvgIpc) is 2.64. The maximum Gasteiger partial charge on any atom is 2.00 e. The summed E-state index contributed by atoms with van der Waals surface area (Å²) in [6.45, 7) is 6.16. The van der Waals surface area contributed by atoms with Crippen LogP contribution in [0.25, 0.3) is 0 Å². The van der Waals surface area contributed by atoms with Crippen LogP contribution in [-0.4, -0.2) is 4.32 Å². The van der Waals surface area contributed by atoms with Crippen LogP contribution in [0.2, 0.25) is 0 Å². The molecule has 1 aromatic rings. The molecule has 0 spiro atoms. The minimum atomic E-state index is 0. The number of thiol groups is 1. The zero-order valence-electron chi connectivity index (χ0n) is 17.6. The molecule has 0 unspecified atom stereocenters. The summed E-state index contributed by atoms with van der Waals surface area (Å²) < 4.78 is 0.194. The first-order chi connectivity index (χ1) is 12.6. The second-order valence-electron chi connectivity index (χ2n) is 6.51. The average molecular weight is 461 g/mol. The quantitative estimate of drug-likeness (QED) is 0.103. The molecule has 0 amide bonds. The molecular weight excluding hydrogens is 420 g/mol. The third-order valence-electron chi connectivity index (χ3n) is 3.96. The largest absolute Gasteiger partial charge is 2.00 e. The molecule has 0 aliphatic heterocycles. The summed E-state index contributed by atoms with van der Waals surface area (Å²) in [5.41, 5.74) is 4.71. The van der Waals surface area contributed by atoms with E-state index in [0.717, 1.165) is 6.42 Å². The van der Waals surface area contributed by atoms with Gasteiger partial charge in [-0.2, -0.15) is 42.8 Å². The molecule has 0 radical (unpaired) electrons. The van der Waals surface area contributed by atoms with E-state index in [4.69, 9.17) is 5.73 Å². The zero-order chi connectivity index (χ0) is 19.7. The summed E-state index contributed by atoms with van der Waals surface area (Å²) in [4.78, 5) is 0. The summed E-state index contributed by atoms with van der Waals surface area (Å²) in [6, 6.07) is 12.5. The Labute approximate surface area is 193 Å². The van der Waals surface area contributed by atoms with E-state index >= 15 is 0 Å². The van der Waals surface area contributed by atoms with Gasteiger partial charge in [0.2, 0.25) is 0 Å². The monoisotopic (exact) mass is 459 g/mol. The third kappa shape index (κ3) is 41.5. The Kier molecular flexibility index (Phi) is 36.2. The molecule has 1 nitrogen and oxygen atoms in total. The topological polar surface area (TPSA) is 26.0 Å². The first-order valence-electron chi connectivity index (χ1n) is 10.3. The van der Waals surface area contributed by atoms with E-state index in [0.29, 0.717) is 0 Å². The van der Waals surface area contributed by atoms with E-state index < -0.39 is 0 Å².